The number of ether oxygens (including phenoxy) is 2. The minimum absolute atomic E-state index is 0.141. The summed E-state index contributed by atoms with van der Waals surface area (Å²) in [5.74, 6) is 1.52. The molecule has 0 aromatic heterocycles. The van der Waals surface area contributed by atoms with Gasteiger partial charge in [-0.15, -0.1) is 0 Å². The first-order chi connectivity index (χ1) is 9.56. The van der Waals surface area contributed by atoms with Gasteiger partial charge in [-0.3, -0.25) is 0 Å². The van der Waals surface area contributed by atoms with E-state index in [1.54, 1.807) is 14.2 Å². The van der Waals surface area contributed by atoms with Gasteiger partial charge in [0, 0.05) is 0 Å². The summed E-state index contributed by atoms with van der Waals surface area (Å²) in [6, 6.07) is 12.5. The molecule has 2 aromatic carbocycles. The van der Waals surface area contributed by atoms with E-state index < -0.39 is 0 Å². The highest BCUT2D eigenvalue weighted by atomic mass is 79.9. The van der Waals surface area contributed by atoms with Gasteiger partial charge in [-0.2, -0.15) is 0 Å². The largest absolute Gasteiger partial charge is 0.493 e. The van der Waals surface area contributed by atoms with Gasteiger partial charge in [-0.25, -0.2) is 0 Å². The van der Waals surface area contributed by atoms with Gasteiger partial charge in [0.15, 0.2) is 11.5 Å². The summed E-state index contributed by atoms with van der Waals surface area (Å²) in [6.45, 7) is 4.19. The first-order valence-corrected chi connectivity index (χ1v) is 7.41. The Labute approximate surface area is 128 Å². The van der Waals surface area contributed by atoms with Crippen LogP contribution in [0.5, 0.6) is 11.5 Å². The van der Waals surface area contributed by atoms with E-state index in [0.29, 0.717) is 0 Å². The fourth-order valence-electron chi connectivity index (χ4n) is 2.28. The zero-order valence-corrected chi connectivity index (χ0v) is 13.8. The predicted octanol–water partition coefficient (Wildman–Crippen LogP) is 4.80. The van der Waals surface area contributed by atoms with Gasteiger partial charge in [0.1, 0.15) is 0 Å². The van der Waals surface area contributed by atoms with Gasteiger partial charge in [0.25, 0.3) is 0 Å². The molecule has 0 spiro atoms. The summed E-state index contributed by atoms with van der Waals surface area (Å²) in [7, 11) is 3.32. The third-order valence-corrected chi connectivity index (χ3v) is 4.40. The Kier molecular flexibility index (Phi) is 4.71. The molecule has 0 heterocycles. The number of rotatable bonds is 4. The van der Waals surface area contributed by atoms with Crippen molar-refractivity contribution in [3.05, 3.63) is 58.7 Å². The van der Waals surface area contributed by atoms with Crippen molar-refractivity contribution in [1.82, 2.24) is 0 Å². The lowest BCUT2D eigenvalue weighted by atomic mass is 9.98. The minimum atomic E-state index is 0.141. The first-order valence-electron chi connectivity index (χ1n) is 6.50. The van der Waals surface area contributed by atoms with Crippen LogP contribution in [0.2, 0.25) is 0 Å². The van der Waals surface area contributed by atoms with Gasteiger partial charge in [-0.1, -0.05) is 45.8 Å². The molecule has 0 saturated heterocycles. The van der Waals surface area contributed by atoms with Crippen LogP contribution in [-0.4, -0.2) is 14.2 Å². The summed E-state index contributed by atoms with van der Waals surface area (Å²) in [5, 5.41) is 0. The Hall–Kier alpha value is -1.48. The molecule has 0 saturated carbocycles. The zero-order chi connectivity index (χ0) is 14.7. The van der Waals surface area contributed by atoms with Crippen LogP contribution in [0.15, 0.2) is 36.4 Å². The van der Waals surface area contributed by atoms with Crippen LogP contribution in [0, 0.1) is 13.8 Å². The molecule has 0 bridgehead atoms. The quantitative estimate of drug-likeness (QED) is 0.747. The van der Waals surface area contributed by atoms with Crippen molar-refractivity contribution >= 4 is 15.9 Å². The standard InChI is InChI=1S/C17H19BrO2/c1-11-6-5-7-13(8-11)17(18)14-10-16(20-4)15(19-3)9-12(14)2/h5-10,17H,1-4H3. The van der Waals surface area contributed by atoms with E-state index in [1.807, 2.05) is 12.1 Å². The maximum absolute atomic E-state index is 5.40. The lowest BCUT2D eigenvalue weighted by molar-refractivity contribution is 0.354. The second-order valence-corrected chi connectivity index (χ2v) is 5.76. The molecular formula is C17H19BrO2. The molecule has 20 heavy (non-hydrogen) atoms. The van der Waals surface area contributed by atoms with E-state index in [9.17, 15) is 0 Å². The molecule has 0 radical (unpaired) electrons. The normalized spacial score (nSPS) is 12.1. The first kappa shape index (κ1) is 14.9. The molecule has 0 aliphatic carbocycles. The molecule has 0 aliphatic heterocycles. The van der Waals surface area contributed by atoms with E-state index >= 15 is 0 Å². The lowest BCUT2D eigenvalue weighted by Crippen LogP contribution is -1.99. The summed E-state index contributed by atoms with van der Waals surface area (Å²) < 4.78 is 10.7. The SMILES string of the molecule is COc1cc(C)c(C(Br)c2cccc(C)c2)cc1OC. The number of benzene rings is 2. The summed E-state index contributed by atoms with van der Waals surface area (Å²) >= 11 is 3.79. The molecule has 106 valence electrons. The summed E-state index contributed by atoms with van der Waals surface area (Å²) in [4.78, 5) is 0.141. The Morgan fingerprint density at radius 2 is 1.60 bits per heavy atom. The fourth-order valence-corrected chi connectivity index (χ4v) is 3.05. The Morgan fingerprint density at radius 3 is 2.20 bits per heavy atom. The average molecular weight is 335 g/mol. The summed E-state index contributed by atoms with van der Waals surface area (Å²) in [5.41, 5.74) is 4.85. The van der Waals surface area contributed by atoms with E-state index in [0.717, 1.165) is 11.5 Å². The number of aryl methyl sites for hydroxylation is 2. The topological polar surface area (TPSA) is 18.5 Å². The number of hydrogen-bond donors (Lipinski definition) is 0. The molecule has 2 aromatic rings. The van der Waals surface area contributed by atoms with Crippen molar-refractivity contribution in [3.8, 4) is 11.5 Å². The van der Waals surface area contributed by atoms with Crippen LogP contribution in [0.25, 0.3) is 0 Å². The Balaban J connectivity index is 2.46. The molecule has 0 aliphatic rings. The second-order valence-electron chi connectivity index (χ2n) is 4.84. The third kappa shape index (κ3) is 2.98. The Bertz CT molecular complexity index is 608. The number of methoxy groups -OCH3 is 2. The van der Waals surface area contributed by atoms with Gasteiger partial charge in [0.05, 0.1) is 19.0 Å². The van der Waals surface area contributed by atoms with E-state index in [1.165, 1.54) is 22.3 Å². The Morgan fingerprint density at radius 1 is 0.950 bits per heavy atom. The lowest BCUT2D eigenvalue weighted by Gasteiger charge is -2.17. The molecule has 1 atom stereocenters. The van der Waals surface area contributed by atoms with Crippen molar-refractivity contribution in [2.45, 2.75) is 18.7 Å². The number of hydrogen-bond acceptors (Lipinski definition) is 2. The van der Waals surface area contributed by atoms with Crippen molar-refractivity contribution in [3.63, 3.8) is 0 Å². The maximum Gasteiger partial charge on any atom is 0.161 e. The number of halogens is 1. The van der Waals surface area contributed by atoms with Crippen LogP contribution >= 0.6 is 15.9 Å². The summed E-state index contributed by atoms with van der Waals surface area (Å²) in [6.07, 6.45) is 0. The highest BCUT2D eigenvalue weighted by molar-refractivity contribution is 9.09. The molecule has 2 rings (SSSR count). The van der Waals surface area contributed by atoms with Crippen molar-refractivity contribution < 1.29 is 9.47 Å². The molecule has 0 amide bonds. The van der Waals surface area contributed by atoms with Gasteiger partial charge < -0.3 is 9.47 Å². The van der Waals surface area contributed by atoms with Crippen LogP contribution < -0.4 is 9.47 Å². The molecule has 3 heteroatoms. The highest BCUT2D eigenvalue weighted by Gasteiger charge is 2.16. The van der Waals surface area contributed by atoms with E-state index in [4.69, 9.17) is 9.47 Å². The van der Waals surface area contributed by atoms with Crippen LogP contribution in [-0.2, 0) is 0 Å². The maximum atomic E-state index is 5.40. The fraction of sp³-hybridized carbons (Fsp3) is 0.294. The molecule has 1 unspecified atom stereocenters. The molecule has 2 nitrogen and oxygen atoms in total. The van der Waals surface area contributed by atoms with Crippen molar-refractivity contribution in [2.24, 2.45) is 0 Å². The van der Waals surface area contributed by atoms with Gasteiger partial charge in [-0.05, 0) is 42.7 Å². The van der Waals surface area contributed by atoms with Gasteiger partial charge >= 0.3 is 0 Å². The van der Waals surface area contributed by atoms with E-state index in [-0.39, 0.29) is 4.83 Å². The van der Waals surface area contributed by atoms with Crippen LogP contribution in [0.3, 0.4) is 0 Å². The second kappa shape index (κ2) is 6.31. The predicted molar refractivity (Wildman–Crippen MR) is 86.2 cm³/mol. The molecular weight excluding hydrogens is 316 g/mol. The van der Waals surface area contributed by atoms with Gasteiger partial charge in [0.2, 0.25) is 0 Å². The van der Waals surface area contributed by atoms with Crippen molar-refractivity contribution in [2.75, 3.05) is 14.2 Å². The monoisotopic (exact) mass is 334 g/mol. The van der Waals surface area contributed by atoms with Crippen molar-refractivity contribution in [1.29, 1.82) is 0 Å². The van der Waals surface area contributed by atoms with E-state index in [2.05, 4.69) is 54.0 Å². The minimum Gasteiger partial charge on any atom is -0.493 e. The highest BCUT2D eigenvalue weighted by Crippen LogP contribution is 2.39. The van der Waals surface area contributed by atoms with Crippen LogP contribution in [0.4, 0.5) is 0 Å². The van der Waals surface area contributed by atoms with Crippen LogP contribution in [0.1, 0.15) is 27.1 Å². The smallest absolute Gasteiger partial charge is 0.161 e. The zero-order valence-electron chi connectivity index (χ0n) is 12.2. The average Bonchev–Trinajstić information content (AvgIpc) is 2.46. The molecule has 0 N–H and O–H groups in total. The molecule has 0 fully saturated rings. The third-order valence-electron chi connectivity index (χ3n) is 3.38. The number of alkyl halides is 1.